The van der Waals surface area contributed by atoms with E-state index < -0.39 is 0 Å². The minimum absolute atomic E-state index is 0.101. The van der Waals surface area contributed by atoms with E-state index in [1.807, 2.05) is 36.3 Å². The van der Waals surface area contributed by atoms with Gasteiger partial charge in [-0.05, 0) is 17.5 Å². The maximum absolute atomic E-state index is 12.4. The van der Waals surface area contributed by atoms with E-state index in [2.05, 4.69) is 17.2 Å². The zero-order valence-electron chi connectivity index (χ0n) is 12.4. The number of aromatic nitrogens is 2. The van der Waals surface area contributed by atoms with Crippen LogP contribution in [0.2, 0.25) is 0 Å². The summed E-state index contributed by atoms with van der Waals surface area (Å²) in [7, 11) is 1.85. The van der Waals surface area contributed by atoms with Gasteiger partial charge in [0.25, 0.3) is 0 Å². The van der Waals surface area contributed by atoms with Crippen molar-refractivity contribution in [3.8, 4) is 0 Å². The molecule has 0 radical (unpaired) electrons. The second kappa shape index (κ2) is 7.59. The predicted octanol–water partition coefficient (Wildman–Crippen LogP) is 0.993. The van der Waals surface area contributed by atoms with E-state index in [1.54, 1.807) is 10.9 Å². The molecule has 0 saturated carbocycles. The normalized spacial score (nSPS) is 10.6. The smallest absolute Gasteiger partial charge is 0.227 e. The molecule has 0 spiro atoms. The zero-order chi connectivity index (χ0) is 15.1. The Hall–Kier alpha value is -2.14. The fraction of sp³-hybridized carbons (Fsp3) is 0.375. The molecule has 2 aromatic rings. The van der Waals surface area contributed by atoms with Crippen molar-refractivity contribution in [2.45, 2.75) is 12.8 Å². The number of carbonyl (C=O) groups excluding carboxylic acids is 1. The Balaban J connectivity index is 1.92. The molecule has 0 unspecified atom stereocenters. The topological polar surface area (TPSA) is 64.2 Å². The van der Waals surface area contributed by atoms with Crippen molar-refractivity contribution in [1.29, 1.82) is 0 Å². The Bertz CT molecular complexity index is 565. The molecule has 0 aliphatic heterocycles. The van der Waals surface area contributed by atoms with E-state index in [9.17, 15) is 4.79 Å². The molecule has 21 heavy (non-hydrogen) atoms. The lowest BCUT2D eigenvalue weighted by atomic mass is 10.1. The largest absolute Gasteiger partial charge is 0.341 e. The SMILES string of the molecule is Cn1cc(CC(=O)N(CCN)CCc2ccccc2)cn1. The highest BCUT2D eigenvalue weighted by Gasteiger charge is 2.14. The Kier molecular flexibility index (Phi) is 5.51. The maximum atomic E-state index is 12.4. The number of nitrogens with two attached hydrogens (primary N) is 1. The molecule has 5 nitrogen and oxygen atoms in total. The van der Waals surface area contributed by atoms with E-state index in [0.29, 0.717) is 26.1 Å². The van der Waals surface area contributed by atoms with Crippen LogP contribution >= 0.6 is 0 Å². The molecular weight excluding hydrogens is 264 g/mol. The van der Waals surface area contributed by atoms with Gasteiger partial charge in [0.1, 0.15) is 0 Å². The van der Waals surface area contributed by atoms with Gasteiger partial charge in [-0.1, -0.05) is 30.3 Å². The van der Waals surface area contributed by atoms with Crippen LogP contribution in [0.4, 0.5) is 0 Å². The molecule has 2 rings (SSSR count). The third kappa shape index (κ3) is 4.72. The summed E-state index contributed by atoms with van der Waals surface area (Å²) in [5.41, 5.74) is 7.79. The summed E-state index contributed by atoms with van der Waals surface area (Å²) >= 11 is 0. The Morgan fingerprint density at radius 2 is 2.00 bits per heavy atom. The van der Waals surface area contributed by atoms with Crippen molar-refractivity contribution in [2.24, 2.45) is 12.8 Å². The highest BCUT2D eigenvalue weighted by molar-refractivity contribution is 5.78. The molecule has 0 aliphatic carbocycles. The van der Waals surface area contributed by atoms with E-state index in [0.717, 1.165) is 12.0 Å². The predicted molar refractivity (Wildman–Crippen MR) is 82.7 cm³/mol. The lowest BCUT2D eigenvalue weighted by Crippen LogP contribution is -2.37. The monoisotopic (exact) mass is 286 g/mol. The number of nitrogens with zero attached hydrogens (tertiary/aromatic N) is 3. The molecule has 1 aromatic heterocycles. The molecule has 0 bridgehead atoms. The molecule has 2 N–H and O–H groups in total. The van der Waals surface area contributed by atoms with E-state index in [-0.39, 0.29) is 5.91 Å². The van der Waals surface area contributed by atoms with Crippen LogP contribution < -0.4 is 5.73 Å². The van der Waals surface area contributed by atoms with Gasteiger partial charge in [0.2, 0.25) is 5.91 Å². The molecule has 0 aliphatic rings. The lowest BCUT2D eigenvalue weighted by molar-refractivity contribution is -0.130. The van der Waals surface area contributed by atoms with Gasteiger partial charge in [0.05, 0.1) is 12.6 Å². The van der Waals surface area contributed by atoms with Gasteiger partial charge in [-0.2, -0.15) is 5.10 Å². The minimum atomic E-state index is 0.101. The van der Waals surface area contributed by atoms with Crippen LogP contribution in [-0.4, -0.2) is 40.2 Å². The Labute approximate surface area is 125 Å². The summed E-state index contributed by atoms with van der Waals surface area (Å²) in [6.45, 7) is 1.76. The number of hydrogen-bond donors (Lipinski definition) is 1. The lowest BCUT2D eigenvalue weighted by Gasteiger charge is -2.22. The van der Waals surface area contributed by atoms with Crippen molar-refractivity contribution < 1.29 is 4.79 Å². The van der Waals surface area contributed by atoms with Crippen LogP contribution in [0.3, 0.4) is 0 Å². The van der Waals surface area contributed by atoms with Crippen LogP contribution in [-0.2, 0) is 24.7 Å². The van der Waals surface area contributed by atoms with E-state index in [1.165, 1.54) is 5.56 Å². The number of rotatable bonds is 7. The van der Waals surface area contributed by atoms with Crippen LogP contribution in [0, 0.1) is 0 Å². The third-order valence-electron chi connectivity index (χ3n) is 3.38. The van der Waals surface area contributed by atoms with Gasteiger partial charge >= 0.3 is 0 Å². The first kappa shape index (κ1) is 15.3. The first-order valence-corrected chi connectivity index (χ1v) is 7.18. The van der Waals surface area contributed by atoms with Gasteiger partial charge in [-0.15, -0.1) is 0 Å². The van der Waals surface area contributed by atoms with Crippen LogP contribution in [0.5, 0.6) is 0 Å². The molecule has 112 valence electrons. The molecular formula is C16H22N4O. The van der Waals surface area contributed by atoms with Gasteiger partial charge in [-0.25, -0.2) is 0 Å². The molecule has 5 heteroatoms. The number of carbonyl (C=O) groups is 1. The highest BCUT2D eigenvalue weighted by atomic mass is 16.2. The molecule has 0 saturated heterocycles. The average molecular weight is 286 g/mol. The van der Waals surface area contributed by atoms with Crippen molar-refractivity contribution >= 4 is 5.91 Å². The number of amides is 1. The Morgan fingerprint density at radius 1 is 1.24 bits per heavy atom. The number of hydrogen-bond acceptors (Lipinski definition) is 3. The van der Waals surface area contributed by atoms with Crippen molar-refractivity contribution in [1.82, 2.24) is 14.7 Å². The van der Waals surface area contributed by atoms with Gasteiger partial charge < -0.3 is 10.6 Å². The molecule has 0 fully saturated rings. The molecule has 0 atom stereocenters. The van der Waals surface area contributed by atoms with Crippen molar-refractivity contribution in [3.63, 3.8) is 0 Å². The van der Waals surface area contributed by atoms with E-state index in [4.69, 9.17) is 5.73 Å². The first-order valence-electron chi connectivity index (χ1n) is 7.18. The Morgan fingerprint density at radius 3 is 2.62 bits per heavy atom. The van der Waals surface area contributed by atoms with Crippen LogP contribution in [0.15, 0.2) is 42.7 Å². The highest BCUT2D eigenvalue weighted by Crippen LogP contribution is 2.05. The summed E-state index contributed by atoms with van der Waals surface area (Å²) in [5, 5.41) is 4.09. The van der Waals surface area contributed by atoms with Gasteiger partial charge in [-0.3, -0.25) is 9.48 Å². The fourth-order valence-electron chi connectivity index (χ4n) is 2.28. The summed E-state index contributed by atoms with van der Waals surface area (Å²) in [4.78, 5) is 14.2. The first-order chi connectivity index (χ1) is 10.2. The zero-order valence-corrected chi connectivity index (χ0v) is 12.4. The van der Waals surface area contributed by atoms with Crippen LogP contribution in [0.25, 0.3) is 0 Å². The molecule has 1 amide bonds. The van der Waals surface area contributed by atoms with Gasteiger partial charge in [0, 0.05) is 32.9 Å². The van der Waals surface area contributed by atoms with Gasteiger partial charge in [0.15, 0.2) is 0 Å². The fourth-order valence-corrected chi connectivity index (χ4v) is 2.28. The second-order valence-corrected chi connectivity index (χ2v) is 5.10. The quantitative estimate of drug-likeness (QED) is 0.825. The standard InChI is InChI=1S/C16H22N4O/c1-19-13-15(12-18-19)11-16(21)20(10-8-17)9-7-14-5-3-2-4-6-14/h2-6,12-13H,7-11,17H2,1H3. The second-order valence-electron chi connectivity index (χ2n) is 5.10. The van der Waals surface area contributed by atoms with Crippen LogP contribution in [0.1, 0.15) is 11.1 Å². The summed E-state index contributed by atoms with van der Waals surface area (Å²) in [6, 6.07) is 10.2. The molecule has 1 heterocycles. The summed E-state index contributed by atoms with van der Waals surface area (Å²) in [6.07, 6.45) is 4.83. The third-order valence-corrected chi connectivity index (χ3v) is 3.38. The summed E-state index contributed by atoms with van der Waals surface area (Å²) < 4.78 is 1.71. The summed E-state index contributed by atoms with van der Waals surface area (Å²) in [5.74, 6) is 0.101. The van der Waals surface area contributed by atoms with Crippen molar-refractivity contribution in [2.75, 3.05) is 19.6 Å². The number of aryl methyl sites for hydroxylation is 1. The minimum Gasteiger partial charge on any atom is -0.341 e. The van der Waals surface area contributed by atoms with Crippen molar-refractivity contribution in [3.05, 3.63) is 53.9 Å². The molecule has 1 aromatic carbocycles. The number of benzene rings is 1. The van der Waals surface area contributed by atoms with E-state index >= 15 is 0 Å². The maximum Gasteiger partial charge on any atom is 0.227 e. The average Bonchev–Trinajstić information content (AvgIpc) is 2.89.